The van der Waals surface area contributed by atoms with Crippen molar-refractivity contribution in [3.63, 3.8) is 0 Å². The first-order valence-corrected chi connectivity index (χ1v) is 9.37. The molecule has 0 atom stereocenters. The summed E-state index contributed by atoms with van der Waals surface area (Å²) in [5.74, 6) is -0.0156. The zero-order chi connectivity index (χ0) is 18.1. The Balaban J connectivity index is 1.86. The summed E-state index contributed by atoms with van der Waals surface area (Å²) in [4.78, 5) is 15.8. The van der Waals surface area contributed by atoms with Crippen molar-refractivity contribution in [1.82, 2.24) is 4.98 Å². The molecule has 1 aromatic heterocycles. The molecule has 5 heteroatoms. The highest BCUT2D eigenvalue weighted by molar-refractivity contribution is 7.09. The zero-order valence-corrected chi connectivity index (χ0v) is 15.3. The van der Waals surface area contributed by atoms with Crippen molar-refractivity contribution in [1.29, 1.82) is 0 Å². The summed E-state index contributed by atoms with van der Waals surface area (Å²) in [5, 5.41) is 11.9. The fraction of sp³-hybridized carbons (Fsp3) is 0.238. The molecule has 0 bridgehead atoms. The van der Waals surface area contributed by atoms with E-state index in [9.17, 15) is 4.79 Å². The van der Waals surface area contributed by atoms with E-state index < -0.39 is 5.97 Å². The number of carboxylic acids is 1. The van der Waals surface area contributed by atoms with E-state index in [1.807, 2.05) is 23.6 Å². The van der Waals surface area contributed by atoms with E-state index in [2.05, 4.69) is 30.3 Å². The van der Waals surface area contributed by atoms with Gasteiger partial charge >= 0.3 is 5.97 Å². The standard InChI is InChI=1S/C21H19NO3S/c1-25-18-9-5-4-8-17(18)21(11-14-6-2-3-7-15(14)12-21)20-22-16(13-26-20)10-19(23)24/h2-9,13H,10-12H2,1H3,(H,23,24). The van der Waals surface area contributed by atoms with Crippen LogP contribution in [-0.4, -0.2) is 23.2 Å². The second-order valence-electron chi connectivity index (χ2n) is 6.62. The number of carbonyl (C=O) groups is 1. The molecule has 1 heterocycles. The Morgan fingerprint density at radius 1 is 1.15 bits per heavy atom. The second kappa shape index (κ2) is 6.57. The molecule has 132 valence electrons. The molecular formula is C21H19NO3S. The lowest BCUT2D eigenvalue weighted by molar-refractivity contribution is -0.136. The maximum absolute atomic E-state index is 11.1. The van der Waals surface area contributed by atoms with Gasteiger partial charge in [0.25, 0.3) is 0 Å². The number of hydrogen-bond acceptors (Lipinski definition) is 4. The predicted octanol–water partition coefficient (Wildman–Crippen LogP) is 3.86. The van der Waals surface area contributed by atoms with Crippen LogP contribution in [0.3, 0.4) is 0 Å². The van der Waals surface area contributed by atoms with Gasteiger partial charge in [0.15, 0.2) is 0 Å². The van der Waals surface area contributed by atoms with Gasteiger partial charge in [-0.2, -0.15) is 0 Å². The van der Waals surface area contributed by atoms with Gasteiger partial charge in [0.05, 0.1) is 24.6 Å². The Morgan fingerprint density at radius 2 is 1.81 bits per heavy atom. The van der Waals surface area contributed by atoms with Crippen LogP contribution in [-0.2, 0) is 29.5 Å². The molecule has 4 rings (SSSR count). The number of aromatic nitrogens is 1. The van der Waals surface area contributed by atoms with Crippen molar-refractivity contribution in [2.45, 2.75) is 24.7 Å². The first-order chi connectivity index (χ1) is 12.6. The minimum Gasteiger partial charge on any atom is -0.496 e. The van der Waals surface area contributed by atoms with Crippen LogP contribution in [0.1, 0.15) is 27.4 Å². The van der Waals surface area contributed by atoms with Crippen LogP contribution in [0.15, 0.2) is 53.9 Å². The van der Waals surface area contributed by atoms with Gasteiger partial charge in [0, 0.05) is 10.9 Å². The van der Waals surface area contributed by atoms with Crippen LogP contribution in [0, 0.1) is 0 Å². The highest BCUT2D eigenvalue weighted by Crippen LogP contribution is 2.48. The van der Waals surface area contributed by atoms with Gasteiger partial charge in [0.2, 0.25) is 0 Å². The van der Waals surface area contributed by atoms with Gasteiger partial charge in [-0.25, -0.2) is 4.98 Å². The highest BCUT2D eigenvalue weighted by Gasteiger charge is 2.44. The molecule has 0 unspecified atom stereocenters. The summed E-state index contributed by atoms with van der Waals surface area (Å²) in [6.45, 7) is 0. The van der Waals surface area contributed by atoms with E-state index in [1.165, 1.54) is 11.1 Å². The molecule has 1 aliphatic rings. The number of methoxy groups -OCH3 is 1. The molecular weight excluding hydrogens is 346 g/mol. The lowest BCUT2D eigenvalue weighted by atomic mass is 9.77. The number of hydrogen-bond donors (Lipinski definition) is 1. The quantitative estimate of drug-likeness (QED) is 0.746. The molecule has 0 spiro atoms. The van der Waals surface area contributed by atoms with Crippen LogP contribution >= 0.6 is 11.3 Å². The molecule has 0 aliphatic heterocycles. The molecule has 0 fully saturated rings. The van der Waals surface area contributed by atoms with Crippen LogP contribution in [0.25, 0.3) is 0 Å². The maximum Gasteiger partial charge on any atom is 0.309 e. The minimum absolute atomic E-state index is 0.0501. The smallest absolute Gasteiger partial charge is 0.309 e. The summed E-state index contributed by atoms with van der Waals surface area (Å²) >= 11 is 1.54. The van der Waals surface area contributed by atoms with Crippen molar-refractivity contribution in [2.24, 2.45) is 0 Å². The fourth-order valence-electron chi connectivity index (χ4n) is 3.87. The largest absolute Gasteiger partial charge is 0.496 e. The van der Waals surface area contributed by atoms with Gasteiger partial charge < -0.3 is 9.84 Å². The van der Waals surface area contributed by atoms with Crippen LogP contribution < -0.4 is 4.74 Å². The van der Waals surface area contributed by atoms with Crippen molar-refractivity contribution in [2.75, 3.05) is 7.11 Å². The Morgan fingerprint density at radius 3 is 2.46 bits per heavy atom. The Bertz CT molecular complexity index is 938. The third kappa shape index (κ3) is 2.78. The Hall–Kier alpha value is -2.66. The first-order valence-electron chi connectivity index (χ1n) is 8.49. The number of para-hydroxylation sites is 1. The maximum atomic E-state index is 11.1. The lowest BCUT2D eigenvalue weighted by Gasteiger charge is -2.29. The predicted molar refractivity (Wildman–Crippen MR) is 101 cm³/mol. The van der Waals surface area contributed by atoms with E-state index in [4.69, 9.17) is 14.8 Å². The van der Waals surface area contributed by atoms with E-state index in [1.54, 1.807) is 18.4 Å². The van der Waals surface area contributed by atoms with Crippen LogP contribution in [0.4, 0.5) is 0 Å². The molecule has 1 N–H and O–H groups in total. The van der Waals surface area contributed by atoms with Crippen LogP contribution in [0.2, 0.25) is 0 Å². The number of ether oxygens (including phenoxy) is 1. The van der Waals surface area contributed by atoms with Crippen molar-refractivity contribution in [3.05, 3.63) is 81.3 Å². The minimum atomic E-state index is -0.858. The molecule has 0 amide bonds. The van der Waals surface area contributed by atoms with E-state index in [-0.39, 0.29) is 11.8 Å². The average Bonchev–Trinajstić information content (AvgIpc) is 3.26. The Kier molecular flexibility index (Phi) is 4.24. The monoisotopic (exact) mass is 365 g/mol. The molecule has 26 heavy (non-hydrogen) atoms. The number of fused-ring (bicyclic) bond motifs is 1. The van der Waals surface area contributed by atoms with Gasteiger partial charge in [-0.1, -0.05) is 42.5 Å². The summed E-state index contributed by atoms with van der Waals surface area (Å²) in [7, 11) is 1.69. The van der Waals surface area contributed by atoms with Crippen LogP contribution in [0.5, 0.6) is 5.75 Å². The fourth-order valence-corrected chi connectivity index (χ4v) is 4.91. The number of nitrogens with zero attached hydrogens (tertiary/aromatic N) is 1. The number of benzene rings is 2. The SMILES string of the molecule is COc1ccccc1C1(c2nc(CC(=O)O)cs2)Cc2ccccc2C1. The summed E-state index contributed by atoms with van der Waals surface area (Å²) in [5.41, 5.74) is 4.02. The molecule has 0 saturated heterocycles. The number of thiazole rings is 1. The highest BCUT2D eigenvalue weighted by atomic mass is 32.1. The van der Waals surface area contributed by atoms with E-state index in [0.717, 1.165) is 29.2 Å². The lowest BCUT2D eigenvalue weighted by Crippen LogP contribution is -2.29. The van der Waals surface area contributed by atoms with Crippen molar-refractivity contribution >= 4 is 17.3 Å². The first kappa shape index (κ1) is 16.8. The normalized spacial score (nSPS) is 14.8. The van der Waals surface area contributed by atoms with E-state index in [0.29, 0.717) is 5.69 Å². The second-order valence-corrected chi connectivity index (χ2v) is 7.48. The summed E-state index contributed by atoms with van der Waals surface area (Å²) in [6, 6.07) is 16.5. The summed E-state index contributed by atoms with van der Waals surface area (Å²) < 4.78 is 5.66. The van der Waals surface area contributed by atoms with Crippen molar-refractivity contribution < 1.29 is 14.6 Å². The van der Waals surface area contributed by atoms with Gasteiger partial charge in [-0.3, -0.25) is 4.79 Å². The number of aliphatic carboxylic acids is 1. The topological polar surface area (TPSA) is 59.4 Å². The average molecular weight is 365 g/mol. The Labute approximate surface area is 156 Å². The molecule has 4 nitrogen and oxygen atoms in total. The van der Waals surface area contributed by atoms with Gasteiger partial charge in [-0.15, -0.1) is 11.3 Å². The van der Waals surface area contributed by atoms with Crippen molar-refractivity contribution in [3.8, 4) is 5.75 Å². The molecule has 3 aromatic rings. The molecule has 0 saturated carbocycles. The molecule has 1 aliphatic carbocycles. The zero-order valence-electron chi connectivity index (χ0n) is 14.4. The third-order valence-electron chi connectivity index (χ3n) is 5.02. The molecule has 0 radical (unpaired) electrons. The number of carboxylic acid groups (broad SMARTS) is 1. The van der Waals surface area contributed by atoms with Gasteiger partial charge in [-0.05, 0) is 30.0 Å². The number of rotatable bonds is 5. The summed E-state index contributed by atoms with van der Waals surface area (Å²) in [6.07, 6.45) is 1.62. The molecule has 2 aromatic carbocycles. The van der Waals surface area contributed by atoms with Gasteiger partial charge in [0.1, 0.15) is 10.8 Å². The van der Waals surface area contributed by atoms with E-state index >= 15 is 0 Å². The third-order valence-corrected chi connectivity index (χ3v) is 6.11.